The van der Waals surface area contributed by atoms with Gasteiger partial charge < -0.3 is 5.32 Å². The van der Waals surface area contributed by atoms with Gasteiger partial charge in [-0.3, -0.25) is 0 Å². The number of hydrogen-bond donors (Lipinski definition) is 1. The molecule has 2 aromatic rings. The lowest BCUT2D eigenvalue weighted by Crippen LogP contribution is -2.35. The average Bonchev–Trinajstić information content (AvgIpc) is 2.74. The second-order valence-electron chi connectivity index (χ2n) is 5.35. The fourth-order valence-electron chi connectivity index (χ4n) is 1.52. The van der Waals surface area contributed by atoms with Gasteiger partial charge in [-0.2, -0.15) is 0 Å². The lowest BCUT2D eigenvalue weighted by molar-refractivity contribution is 0.421. The first-order valence-electron chi connectivity index (χ1n) is 5.97. The first kappa shape index (κ1) is 14.0. The molecule has 1 aromatic heterocycles. The van der Waals surface area contributed by atoms with Crippen molar-refractivity contribution in [1.29, 1.82) is 0 Å². The van der Waals surface area contributed by atoms with E-state index in [0.29, 0.717) is 17.3 Å². The molecule has 4 nitrogen and oxygen atoms in total. The molecule has 0 fully saturated rings. The van der Waals surface area contributed by atoms with E-state index in [1.807, 2.05) is 0 Å². The van der Waals surface area contributed by atoms with Crippen molar-refractivity contribution in [3.63, 3.8) is 0 Å². The molecule has 0 aliphatic heterocycles. The SMILES string of the molecule is CC(C)(C)NCc1cn(-c2ccc(Cl)cc2F)nn1. The Labute approximate surface area is 116 Å². The summed E-state index contributed by atoms with van der Waals surface area (Å²) in [7, 11) is 0. The van der Waals surface area contributed by atoms with Crippen molar-refractivity contribution < 1.29 is 4.39 Å². The first-order valence-corrected chi connectivity index (χ1v) is 6.35. The van der Waals surface area contributed by atoms with Gasteiger partial charge in [0.15, 0.2) is 0 Å². The molecule has 0 unspecified atom stereocenters. The van der Waals surface area contributed by atoms with Crippen molar-refractivity contribution >= 4 is 11.6 Å². The maximum absolute atomic E-state index is 13.7. The van der Waals surface area contributed by atoms with E-state index in [1.54, 1.807) is 18.3 Å². The Morgan fingerprint density at radius 2 is 2.11 bits per heavy atom. The average molecular weight is 283 g/mol. The number of halogens is 2. The molecule has 0 radical (unpaired) electrons. The Kier molecular flexibility index (Phi) is 3.87. The highest BCUT2D eigenvalue weighted by molar-refractivity contribution is 6.30. The normalized spacial score (nSPS) is 11.8. The quantitative estimate of drug-likeness (QED) is 0.941. The van der Waals surface area contributed by atoms with Gasteiger partial charge in [0.05, 0.1) is 11.9 Å². The fourth-order valence-corrected chi connectivity index (χ4v) is 1.68. The van der Waals surface area contributed by atoms with Crippen molar-refractivity contribution in [3.05, 3.63) is 40.9 Å². The molecule has 102 valence electrons. The predicted molar refractivity (Wildman–Crippen MR) is 72.9 cm³/mol. The minimum Gasteiger partial charge on any atom is -0.306 e. The summed E-state index contributed by atoms with van der Waals surface area (Å²) in [6.45, 7) is 6.78. The zero-order valence-corrected chi connectivity index (χ0v) is 11.9. The number of nitrogens with zero attached hydrogens (tertiary/aromatic N) is 3. The first-order chi connectivity index (χ1) is 8.85. The van der Waals surface area contributed by atoms with Gasteiger partial charge in [-0.25, -0.2) is 9.07 Å². The Morgan fingerprint density at radius 3 is 2.74 bits per heavy atom. The van der Waals surface area contributed by atoms with Crippen LogP contribution in [0, 0.1) is 5.82 Å². The number of hydrogen-bond acceptors (Lipinski definition) is 3. The smallest absolute Gasteiger partial charge is 0.150 e. The van der Waals surface area contributed by atoms with Crippen LogP contribution >= 0.6 is 11.6 Å². The maximum Gasteiger partial charge on any atom is 0.150 e. The lowest BCUT2D eigenvalue weighted by Gasteiger charge is -2.19. The molecule has 6 heteroatoms. The molecule has 0 spiro atoms. The monoisotopic (exact) mass is 282 g/mol. The van der Waals surface area contributed by atoms with E-state index in [-0.39, 0.29) is 5.54 Å². The van der Waals surface area contributed by atoms with Gasteiger partial charge in [-0.15, -0.1) is 5.10 Å². The van der Waals surface area contributed by atoms with Crippen LogP contribution in [0.2, 0.25) is 5.02 Å². The van der Waals surface area contributed by atoms with Crippen LogP contribution in [0.15, 0.2) is 24.4 Å². The van der Waals surface area contributed by atoms with E-state index in [9.17, 15) is 4.39 Å². The Bertz CT molecular complexity index is 574. The Morgan fingerprint density at radius 1 is 1.37 bits per heavy atom. The molecular weight excluding hydrogens is 267 g/mol. The van der Waals surface area contributed by atoms with Gasteiger partial charge in [0.25, 0.3) is 0 Å². The highest BCUT2D eigenvalue weighted by Crippen LogP contribution is 2.17. The van der Waals surface area contributed by atoms with E-state index in [4.69, 9.17) is 11.6 Å². The van der Waals surface area contributed by atoms with Crippen LogP contribution < -0.4 is 5.32 Å². The molecule has 0 atom stereocenters. The molecule has 0 aliphatic rings. The number of aromatic nitrogens is 3. The summed E-state index contributed by atoms with van der Waals surface area (Å²) >= 11 is 5.71. The van der Waals surface area contributed by atoms with Crippen molar-refractivity contribution in [3.8, 4) is 5.69 Å². The van der Waals surface area contributed by atoms with E-state index >= 15 is 0 Å². The topological polar surface area (TPSA) is 42.7 Å². The van der Waals surface area contributed by atoms with Gasteiger partial charge in [-0.1, -0.05) is 16.8 Å². The maximum atomic E-state index is 13.7. The van der Waals surface area contributed by atoms with Gasteiger partial charge in [0.2, 0.25) is 0 Å². The van der Waals surface area contributed by atoms with Gasteiger partial charge in [-0.05, 0) is 39.0 Å². The molecule has 19 heavy (non-hydrogen) atoms. The summed E-state index contributed by atoms with van der Waals surface area (Å²) in [6, 6.07) is 4.45. The molecule has 0 bridgehead atoms. The zero-order chi connectivity index (χ0) is 14.0. The van der Waals surface area contributed by atoms with E-state index < -0.39 is 5.82 Å². The molecular formula is C13H16ClFN4. The zero-order valence-electron chi connectivity index (χ0n) is 11.1. The highest BCUT2D eigenvalue weighted by Gasteiger charge is 2.12. The molecule has 0 saturated carbocycles. The van der Waals surface area contributed by atoms with E-state index in [1.165, 1.54) is 10.7 Å². The number of rotatable bonds is 3. The molecule has 0 saturated heterocycles. The third-order valence-electron chi connectivity index (χ3n) is 2.50. The summed E-state index contributed by atoms with van der Waals surface area (Å²) in [5, 5.41) is 11.6. The predicted octanol–water partition coefficient (Wildman–Crippen LogP) is 2.95. The Hall–Kier alpha value is -1.46. The minimum atomic E-state index is -0.423. The van der Waals surface area contributed by atoms with Crippen LogP contribution in [0.1, 0.15) is 26.5 Å². The molecule has 1 aromatic carbocycles. The van der Waals surface area contributed by atoms with Crippen molar-refractivity contribution in [2.24, 2.45) is 0 Å². The molecule has 2 rings (SSSR count). The molecule has 0 amide bonds. The van der Waals surface area contributed by atoms with Crippen LogP contribution in [0.4, 0.5) is 4.39 Å². The second-order valence-corrected chi connectivity index (χ2v) is 5.79. The van der Waals surface area contributed by atoms with E-state index in [0.717, 1.165) is 5.69 Å². The third kappa shape index (κ3) is 3.75. The molecule has 0 aliphatic carbocycles. The van der Waals surface area contributed by atoms with Crippen LogP contribution in [-0.4, -0.2) is 20.5 Å². The van der Waals surface area contributed by atoms with Crippen molar-refractivity contribution in [1.82, 2.24) is 20.3 Å². The second kappa shape index (κ2) is 5.27. The lowest BCUT2D eigenvalue weighted by atomic mass is 10.1. The fraction of sp³-hybridized carbons (Fsp3) is 0.385. The largest absolute Gasteiger partial charge is 0.306 e. The van der Waals surface area contributed by atoms with Crippen LogP contribution in [-0.2, 0) is 6.54 Å². The summed E-state index contributed by atoms with van der Waals surface area (Å²) in [4.78, 5) is 0. The van der Waals surface area contributed by atoms with Gasteiger partial charge in [0, 0.05) is 17.1 Å². The third-order valence-corrected chi connectivity index (χ3v) is 2.73. The highest BCUT2D eigenvalue weighted by atomic mass is 35.5. The molecule has 1 N–H and O–H groups in total. The van der Waals surface area contributed by atoms with Crippen LogP contribution in [0.5, 0.6) is 0 Å². The molecule has 1 heterocycles. The number of benzene rings is 1. The van der Waals surface area contributed by atoms with E-state index in [2.05, 4.69) is 36.4 Å². The van der Waals surface area contributed by atoms with Crippen LogP contribution in [0.3, 0.4) is 0 Å². The van der Waals surface area contributed by atoms with Gasteiger partial charge in [0.1, 0.15) is 11.5 Å². The summed E-state index contributed by atoms with van der Waals surface area (Å²) in [6.07, 6.45) is 1.70. The van der Waals surface area contributed by atoms with Crippen molar-refractivity contribution in [2.75, 3.05) is 0 Å². The minimum absolute atomic E-state index is 0.00466. The summed E-state index contributed by atoms with van der Waals surface area (Å²) in [5.41, 5.74) is 1.08. The standard InChI is InChI=1S/C13H16ClFN4/c1-13(2,3)16-7-10-8-19(18-17-10)12-5-4-9(14)6-11(12)15/h4-6,8,16H,7H2,1-3H3. The number of nitrogens with one attached hydrogen (secondary N) is 1. The van der Waals surface area contributed by atoms with Crippen LogP contribution in [0.25, 0.3) is 5.69 Å². The van der Waals surface area contributed by atoms with Crippen molar-refractivity contribution in [2.45, 2.75) is 32.9 Å². The Balaban J connectivity index is 2.16. The van der Waals surface area contributed by atoms with Gasteiger partial charge >= 0.3 is 0 Å². The summed E-state index contributed by atoms with van der Waals surface area (Å²) < 4.78 is 15.1. The summed E-state index contributed by atoms with van der Waals surface area (Å²) in [5.74, 6) is -0.423.